The number of rotatable bonds is 10. The molecule has 18 nitrogen and oxygen atoms in total. The first kappa shape index (κ1) is 33.3. The molecule has 3 saturated heterocycles. The average Bonchev–Trinajstić information content (AvgIpc) is 2.93. The molecule has 3 aliphatic rings. The van der Waals surface area contributed by atoms with Crippen molar-refractivity contribution in [3.05, 3.63) is 0 Å². The second kappa shape index (κ2) is 13.9. The molecule has 18 heteroatoms. The molecule has 0 aromatic carbocycles. The van der Waals surface area contributed by atoms with E-state index in [0.717, 1.165) is 0 Å². The Bertz CT molecular complexity index is 813. The van der Waals surface area contributed by atoms with Gasteiger partial charge in [0, 0.05) is 6.42 Å². The van der Waals surface area contributed by atoms with E-state index in [1.54, 1.807) is 6.92 Å². The fourth-order valence-electron chi connectivity index (χ4n) is 4.62. The first-order chi connectivity index (χ1) is 18.8. The van der Waals surface area contributed by atoms with Gasteiger partial charge in [0.2, 0.25) is 0 Å². The lowest BCUT2D eigenvalue weighted by Crippen LogP contribution is -2.71. The van der Waals surface area contributed by atoms with Gasteiger partial charge in [0.25, 0.3) is 0 Å². The fourth-order valence-corrected chi connectivity index (χ4v) is 4.62. The number of aliphatic hydroxyl groups is 11. The molecule has 40 heavy (non-hydrogen) atoms. The minimum absolute atomic E-state index is 0.228. The monoisotopic (exact) mass is 590 g/mol. The van der Waals surface area contributed by atoms with Crippen molar-refractivity contribution in [2.45, 2.75) is 112 Å². The summed E-state index contributed by atoms with van der Waals surface area (Å²) < 4.78 is 32.0. The quantitative estimate of drug-likeness (QED) is 0.0832. The van der Waals surface area contributed by atoms with Crippen LogP contribution in [0.4, 0.5) is 0 Å². The minimum atomic E-state index is -2.97. The number of hydrogen-bond acceptors (Lipinski definition) is 18. The summed E-state index contributed by atoms with van der Waals surface area (Å²) in [5, 5.41) is 112. The van der Waals surface area contributed by atoms with Crippen molar-refractivity contribution in [3.8, 4) is 0 Å². The molecule has 3 aliphatic heterocycles. The SMILES string of the molecule is CCCC(=O)OC1(O[C@H]2[C@H](O)[C@@H](O)C(O[C@H]3[C@H](O)[C@@H](O)[C@@H](O)O[C@@H]3CO)O[C@@H]2CO)O[C@H](CO)[C@@H](O)[C@H](O)[C@H]1O. The van der Waals surface area contributed by atoms with Gasteiger partial charge in [-0.2, -0.15) is 0 Å². The van der Waals surface area contributed by atoms with Crippen LogP contribution in [0.2, 0.25) is 0 Å². The molecule has 0 aromatic rings. The van der Waals surface area contributed by atoms with Crippen LogP contribution < -0.4 is 0 Å². The Kier molecular flexibility index (Phi) is 11.6. The summed E-state index contributed by atoms with van der Waals surface area (Å²) in [6.45, 7) is -1.10. The number of carbonyl (C=O) groups excluding carboxylic acids is 1. The third kappa shape index (κ3) is 6.57. The van der Waals surface area contributed by atoms with Crippen LogP contribution in [0.3, 0.4) is 0 Å². The molecule has 0 bridgehead atoms. The van der Waals surface area contributed by atoms with E-state index in [1.165, 1.54) is 0 Å². The maximum absolute atomic E-state index is 12.4. The number of esters is 1. The van der Waals surface area contributed by atoms with Gasteiger partial charge < -0.3 is 84.6 Å². The Balaban J connectivity index is 1.87. The zero-order valence-corrected chi connectivity index (χ0v) is 21.4. The first-order valence-corrected chi connectivity index (χ1v) is 12.7. The summed E-state index contributed by atoms with van der Waals surface area (Å²) in [5.74, 6) is -3.98. The van der Waals surface area contributed by atoms with Crippen molar-refractivity contribution in [2.75, 3.05) is 19.8 Å². The van der Waals surface area contributed by atoms with Crippen molar-refractivity contribution in [1.82, 2.24) is 0 Å². The molecule has 2 unspecified atom stereocenters. The Hall–Kier alpha value is -1.17. The molecule has 3 heterocycles. The Labute approximate surface area is 227 Å². The second-order valence-electron chi connectivity index (χ2n) is 9.71. The molecule has 3 rings (SSSR count). The molecule has 0 aromatic heterocycles. The van der Waals surface area contributed by atoms with E-state index in [1.807, 2.05) is 0 Å². The van der Waals surface area contributed by atoms with Crippen molar-refractivity contribution in [2.24, 2.45) is 0 Å². The van der Waals surface area contributed by atoms with E-state index in [2.05, 4.69) is 0 Å². The Morgan fingerprint density at radius 3 is 1.88 bits per heavy atom. The molecule has 0 saturated carbocycles. The van der Waals surface area contributed by atoms with Gasteiger partial charge in [-0.25, -0.2) is 0 Å². The predicted molar refractivity (Wildman–Crippen MR) is 121 cm³/mol. The maximum Gasteiger partial charge on any atom is 0.360 e. The highest BCUT2D eigenvalue weighted by Gasteiger charge is 2.61. The highest BCUT2D eigenvalue weighted by molar-refractivity contribution is 5.69. The van der Waals surface area contributed by atoms with E-state index in [9.17, 15) is 61.0 Å². The molecule has 3 fully saturated rings. The predicted octanol–water partition coefficient (Wildman–Crippen LogP) is -6.90. The minimum Gasteiger partial charge on any atom is -0.405 e. The third-order valence-electron chi connectivity index (χ3n) is 6.87. The standard InChI is InChI=1S/C22H38O18/c1-2-3-10(26)39-22(19(33)14(30)11(27)7(4-23)38-22)40-18-9(6-25)36-21(16(32)13(18)29)37-17-8(5-24)35-20(34)15(31)12(17)28/h7-9,11-21,23-25,27-34H,2-6H2,1H3/t7-,8-,9-,11-,12-,13-,14+,15-,16-,17-,18-,19-,20+,21?,22?/m1/s1. The van der Waals surface area contributed by atoms with Gasteiger partial charge in [0.05, 0.1) is 19.8 Å². The molecule has 0 spiro atoms. The largest absolute Gasteiger partial charge is 0.405 e. The zero-order chi connectivity index (χ0) is 29.9. The number of carbonyl (C=O) groups is 1. The lowest BCUT2D eigenvalue weighted by Gasteiger charge is -2.50. The summed E-state index contributed by atoms with van der Waals surface area (Å²) in [4.78, 5) is 12.4. The fraction of sp³-hybridized carbons (Fsp3) is 0.955. The summed E-state index contributed by atoms with van der Waals surface area (Å²) in [6.07, 6.45) is -26.1. The molecule has 0 aliphatic carbocycles. The van der Waals surface area contributed by atoms with Gasteiger partial charge >= 0.3 is 11.9 Å². The van der Waals surface area contributed by atoms with E-state index in [0.29, 0.717) is 0 Å². The number of hydrogen-bond donors (Lipinski definition) is 11. The van der Waals surface area contributed by atoms with Crippen LogP contribution in [0.15, 0.2) is 0 Å². The van der Waals surface area contributed by atoms with Crippen LogP contribution in [0, 0.1) is 0 Å². The van der Waals surface area contributed by atoms with Crippen molar-refractivity contribution >= 4 is 5.97 Å². The average molecular weight is 591 g/mol. The van der Waals surface area contributed by atoms with Gasteiger partial charge in [-0.05, 0) is 6.42 Å². The van der Waals surface area contributed by atoms with Crippen molar-refractivity contribution in [1.29, 1.82) is 0 Å². The summed E-state index contributed by atoms with van der Waals surface area (Å²) in [5.41, 5.74) is 0. The van der Waals surface area contributed by atoms with Crippen LogP contribution in [0.5, 0.6) is 0 Å². The van der Waals surface area contributed by atoms with Crippen LogP contribution in [0.25, 0.3) is 0 Å². The smallest absolute Gasteiger partial charge is 0.360 e. The van der Waals surface area contributed by atoms with E-state index >= 15 is 0 Å². The van der Waals surface area contributed by atoms with Crippen LogP contribution in [0.1, 0.15) is 19.8 Å². The Morgan fingerprint density at radius 1 is 0.725 bits per heavy atom. The zero-order valence-electron chi connectivity index (χ0n) is 21.4. The number of aliphatic hydroxyl groups excluding tert-OH is 11. The molecular formula is C22H38O18. The Morgan fingerprint density at radius 2 is 1.30 bits per heavy atom. The molecule has 0 radical (unpaired) electrons. The second-order valence-corrected chi connectivity index (χ2v) is 9.71. The van der Waals surface area contributed by atoms with E-state index in [4.69, 9.17) is 28.4 Å². The van der Waals surface area contributed by atoms with Gasteiger partial charge in [0.15, 0.2) is 18.7 Å². The topological polar surface area (TPSA) is 295 Å². The lowest BCUT2D eigenvalue weighted by atomic mass is 9.95. The summed E-state index contributed by atoms with van der Waals surface area (Å²) >= 11 is 0. The van der Waals surface area contributed by atoms with Gasteiger partial charge in [-0.3, -0.25) is 4.79 Å². The molecular weight excluding hydrogens is 552 g/mol. The highest BCUT2D eigenvalue weighted by atomic mass is 16.9. The van der Waals surface area contributed by atoms with Crippen LogP contribution >= 0.6 is 0 Å². The van der Waals surface area contributed by atoms with E-state index in [-0.39, 0.29) is 12.8 Å². The van der Waals surface area contributed by atoms with Crippen LogP contribution in [-0.2, 0) is 33.2 Å². The number of ether oxygens (including phenoxy) is 6. The molecule has 15 atom stereocenters. The summed E-state index contributed by atoms with van der Waals surface area (Å²) in [6, 6.07) is 0. The van der Waals surface area contributed by atoms with E-state index < -0.39 is 118 Å². The third-order valence-corrected chi connectivity index (χ3v) is 6.87. The van der Waals surface area contributed by atoms with Crippen LogP contribution in [-0.4, -0.2) is 174 Å². The molecule has 0 amide bonds. The lowest BCUT2D eigenvalue weighted by molar-refractivity contribution is -0.473. The maximum atomic E-state index is 12.4. The van der Waals surface area contributed by atoms with Gasteiger partial charge in [-0.1, -0.05) is 6.92 Å². The molecule has 11 N–H and O–H groups in total. The molecule has 234 valence electrons. The summed E-state index contributed by atoms with van der Waals surface area (Å²) in [7, 11) is 0. The van der Waals surface area contributed by atoms with Crippen molar-refractivity contribution in [3.63, 3.8) is 0 Å². The highest BCUT2D eigenvalue weighted by Crippen LogP contribution is 2.38. The van der Waals surface area contributed by atoms with Gasteiger partial charge in [-0.15, -0.1) is 0 Å². The first-order valence-electron chi connectivity index (χ1n) is 12.7. The van der Waals surface area contributed by atoms with Crippen molar-refractivity contribution < 1.29 is 89.4 Å². The van der Waals surface area contributed by atoms with Gasteiger partial charge in [0.1, 0.15) is 67.1 Å². The normalized spacial score (nSPS) is 48.1.